The highest BCUT2D eigenvalue weighted by molar-refractivity contribution is 5.86. The topological polar surface area (TPSA) is 57.5 Å². The van der Waals surface area contributed by atoms with E-state index in [0.29, 0.717) is 23.5 Å². The number of aliphatic hydroxyl groups excluding tert-OH is 2. The normalized spacial score (nSPS) is 51.4. The highest BCUT2D eigenvalue weighted by Gasteiger charge is 2.64. The maximum atomic E-state index is 13.8. The van der Waals surface area contributed by atoms with E-state index in [9.17, 15) is 15.0 Å². The fraction of sp³-hybridized carbons (Fsp3) is 0.875. The Hall–Kier alpha value is -0.670. The van der Waals surface area contributed by atoms with Crippen LogP contribution in [-0.2, 0) is 4.79 Å². The quantitative estimate of drug-likeness (QED) is 0.699. The summed E-state index contributed by atoms with van der Waals surface area (Å²) in [6.45, 7) is 9.22. The fourth-order valence-electron chi connectivity index (χ4n) is 8.25. The molecular weight excluding hydrogens is 336 g/mol. The van der Waals surface area contributed by atoms with E-state index in [0.717, 1.165) is 56.9 Å². The standard InChI is InChI=1S/C24H38O3/c1-5-16-20-12-15(26)8-10-24(20,4)19-9-11-23(3)17(14(2)13-25)6-7-18(23)21(19)22(16)27/h15-16,18-21,25-26H,5-13H2,1-4H3/b17-14+/t15-,16-,18?,19?,20+,21?,23-,24-/m1/s1. The molecule has 4 fully saturated rings. The molecule has 2 N–H and O–H groups in total. The summed E-state index contributed by atoms with van der Waals surface area (Å²) < 4.78 is 0. The third-order valence-corrected chi connectivity index (χ3v) is 9.66. The second-order valence-electron chi connectivity index (χ2n) is 10.6. The van der Waals surface area contributed by atoms with E-state index in [-0.39, 0.29) is 35.4 Å². The molecule has 0 aromatic rings. The predicted molar refractivity (Wildman–Crippen MR) is 107 cm³/mol. The first-order chi connectivity index (χ1) is 12.8. The largest absolute Gasteiger partial charge is 0.393 e. The van der Waals surface area contributed by atoms with Gasteiger partial charge < -0.3 is 10.2 Å². The zero-order valence-electron chi connectivity index (χ0n) is 17.6. The molecule has 152 valence electrons. The highest BCUT2D eigenvalue weighted by Crippen LogP contribution is 2.67. The summed E-state index contributed by atoms with van der Waals surface area (Å²) in [5.41, 5.74) is 2.89. The van der Waals surface area contributed by atoms with Gasteiger partial charge in [0.1, 0.15) is 5.78 Å². The fourth-order valence-corrected chi connectivity index (χ4v) is 8.25. The summed E-state index contributed by atoms with van der Waals surface area (Å²) in [5.74, 6) is 2.11. The van der Waals surface area contributed by atoms with E-state index in [2.05, 4.69) is 27.7 Å². The molecule has 0 aromatic heterocycles. The molecule has 3 nitrogen and oxygen atoms in total. The maximum absolute atomic E-state index is 13.8. The lowest BCUT2D eigenvalue weighted by Gasteiger charge is -2.61. The number of fused-ring (bicyclic) bond motifs is 5. The molecule has 0 spiro atoms. The van der Waals surface area contributed by atoms with Crippen molar-refractivity contribution in [2.24, 2.45) is 40.4 Å². The minimum absolute atomic E-state index is 0.0965. The van der Waals surface area contributed by atoms with Crippen molar-refractivity contribution < 1.29 is 15.0 Å². The number of ketones is 1. The van der Waals surface area contributed by atoms with Crippen molar-refractivity contribution in [3.05, 3.63) is 11.1 Å². The van der Waals surface area contributed by atoms with E-state index in [1.807, 2.05) is 0 Å². The number of carbonyl (C=O) groups excluding carboxylic acids is 1. The van der Waals surface area contributed by atoms with E-state index >= 15 is 0 Å². The van der Waals surface area contributed by atoms with Crippen LogP contribution in [-0.4, -0.2) is 28.7 Å². The highest BCUT2D eigenvalue weighted by atomic mass is 16.3. The Kier molecular flexibility index (Phi) is 4.87. The number of aliphatic hydroxyl groups is 2. The minimum Gasteiger partial charge on any atom is -0.393 e. The van der Waals surface area contributed by atoms with Crippen molar-refractivity contribution in [1.82, 2.24) is 0 Å². The number of rotatable bonds is 2. The third-order valence-electron chi connectivity index (χ3n) is 9.66. The zero-order chi connectivity index (χ0) is 19.6. The Balaban J connectivity index is 1.75. The average molecular weight is 375 g/mol. The molecule has 0 bridgehead atoms. The molecule has 0 saturated heterocycles. The van der Waals surface area contributed by atoms with Crippen LogP contribution in [0.1, 0.15) is 79.1 Å². The lowest BCUT2D eigenvalue weighted by atomic mass is 9.42. The Morgan fingerprint density at radius 1 is 1.11 bits per heavy atom. The van der Waals surface area contributed by atoms with Crippen molar-refractivity contribution in [2.45, 2.75) is 85.2 Å². The van der Waals surface area contributed by atoms with Gasteiger partial charge in [-0.2, -0.15) is 0 Å². The van der Waals surface area contributed by atoms with Gasteiger partial charge in [0.2, 0.25) is 0 Å². The van der Waals surface area contributed by atoms with Gasteiger partial charge in [0.05, 0.1) is 12.7 Å². The molecule has 0 aliphatic heterocycles. The minimum atomic E-state index is -0.219. The van der Waals surface area contributed by atoms with Crippen LogP contribution in [0, 0.1) is 40.4 Å². The number of hydrogen-bond donors (Lipinski definition) is 2. The average Bonchev–Trinajstić information content (AvgIpc) is 3.00. The van der Waals surface area contributed by atoms with Gasteiger partial charge in [-0.25, -0.2) is 0 Å². The second kappa shape index (κ2) is 6.69. The van der Waals surface area contributed by atoms with E-state index in [1.165, 1.54) is 5.57 Å². The van der Waals surface area contributed by atoms with Crippen molar-refractivity contribution in [1.29, 1.82) is 0 Å². The van der Waals surface area contributed by atoms with Gasteiger partial charge in [-0.15, -0.1) is 0 Å². The van der Waals surface area contributed by atoms with Crippen LogP contribution in [0.25, 0.3) is 0 Å². The van der Waals surface area contributed by atoms with Gasteiger partial charge >= 0.3 is 0 Å². The Labute approximate surface area is 164 Å². The van der Waals surface area contributed by atoms with Crippen LogP contribution in [0.4, 0.5) is 0 Å². The van der Waals surface area contributed by atoms with Crippen LogP contribution < -0.4 is 0 Å². The summed E-state index contributed by atoms with van der Waals surface area (Å²) in [6.07, 6.45) is 7.94. The molecule has 3 heteroatoms. The first-order valence-corrected chi connectivity index (χ1v) is 11.3. The molecule has 4 saturated carbocycles. The Morgan fingerprint density at radius 3 is 2.52 bits per heavy atom. The van der Waals surface area contributed by atoms with Crippen LogP contribution in [0.3, 0.4) is 0 Å². The summed E-state index contributed by atoms with van der Waals surface area (Å²) >= 11 is 0. The van der Waals surface area contributed by atoms with Gasteiger partial charge in [0, 0.05) is 11.8 Å². The summed E-state index contributed by atoms with van der Waals surface area (Å²) in [5, 5.41) is 20.1. The van der Waals surface area contributed by atoms with Crippen molar-refractivity contribution in [2.75, 3.05) is 6.61 Å². The molecule has 0 aromatic carbocycles. The first kappa shape index (κ1) is 19.6. The van der Waals surface area contributed by atoms with Gasteiger partial charge in [-0.3, -0.25) is 4.79 Å². The molecular formula is C24H38O3. The van der Waals surface area contributed by atoms with Gasteiger partial charge in [-0.05, 0) is 92.4 Å². The number of Topliss-reactive ketones (excluding diaryl/α,β-unsaturated/α-hetero) is 1. The number of carbonyl (C=O) groups is 1. The third kappa shape index (κ3) is 2.64. The molecule has 3 unspecified atom stereocenters. The van der Waals surface area contributed by atoms with Crippen LogP contribution in [0.5, 0.6) is 0 Å². The molecule has 8 atom stereocenters. The molecule has 4 aliphatic carbocycles. The lowest BCUT2D eigenvalue weighted by molar-refractivity contribution is -0.169. The monoisotopic (exact) mass is 374 g/mol. The van der Waals surface area contributed by atoms with Gasteiger partial charge in [0.25, 0.3) is 0 Å². The molecule has 4 rings (SSSR count). The molecule has 4 aliphatic rings. The molecule has 0 amide bonds. The summed E-state index contributed by atoms with van der Waals surface area (Å²) in [6, 6.07) is 0. The van der Waals surface area contributed by atoms with Gasteiger partial charge in [0.15, 0.2) is 0 Å². The smallest absolute Gasteiger partial charge is 0.139 e. The SMILES string of the molecule is CC[C@H]1C(=O)C2C3CC/C(=C(/C)CO)[C@@]3(C)CCC2[C@@]2(C)CC[C@@H](O)C[C@@H]12. The molecule has 0 heterocycles. The van der Waals surface area contributed by atoms with Crippen molar-refractivity contribution in [3.8, 4) is 0 Å². The van der Waals surface area contributed by atoms with E-state index < -0.39 is 0 Å². The van der Waals surface area contributed by atoms with Gasteiger partial charge in [-0.1, -0.05) is 26.3 Å². The summed E-state index contributed by atoms with van der Waals surface area (Å²) in [4.78, 5) is 13.8. The van der Waals surface area contributed by atoms with E-state index in [4.69, 9.17) is 0 Å². The second-order valence-corrected chi connectivity index (χ2v) is 10.6. The predicted octanol–water partition coefficient (Wildman–Crippen LogP) is 4.51. The van der Waals surface area contributed by atoms with Crippen LogP contribution >= 0.6 is 0 Å². The first-order valence-electron chi connectivity index (χ1n) is 11.3. The Bertz CT molecular complexity index is 652. The molecule has 0 radical (unpaired) electrons. The maximum Gasteiger partial charge on any atom is 0.139 e. The van der Waals surface area contributed by atoms with Crippen molar-refractivity contribution in [3.63, 3.8) is 0 Å². The number of hydrogen-bond acceptors (Lipinski definition) is 3. The van der Waals surface area contributed by atoms with Crippen LogP contribution in [0.2, 0.25) is 0 Å². The Morgan fingerprint density at radius 2 is 1.85 bits per heavy atom. The zero-order valence-corrected chi connectivity index (χ0v) is 17.6. The lowest BCUT2D eigenvalue weighted by Crippen LogP contribution is -2.60. The van der Waals surface area contributed by atoms with Crippen LogP contribution in [0.15, 0.2) is 11.1 Å². The molecule has 27 heavy (non-hydrogen) atoms. The van der Waals surface area contributed by atoms with Crippen molar-refractivity contribution >= 4 is 5.78 Å². The number of allylic oxidation sites excluding steroid dienone is 1. The summed E-state index contributed by atoms with van der Waals surface area (Å²) in [7, 11) is 0. The van der Waals surface area contributed by atoms with E-state index in [1.54, 1.807) is 0 Å².